The van der Waals surface area contributed by atoms with E-state index in [0.717, 1.165) is 16.0 Å². The molecule has 0 aromatic heterocycles. The Hall–Kier alpha value is -3.14. The predicted octanol–water partition coefficient (Wildman–Crippen LogP) is 1.61. The number of nitriles is 1. The van der Waals surface area contributed by atoms with Crippen LogP contribution >= 0.6 is 0 Å². The molecule has 2 aromatic rings. The first-order valence-corrected chi connectivity index (χ1v) is 7.07. The van der Waals surface area contributed by atoms with Gasteiger partial charge in [0.15, 0.2) is 6.19 Å². The molecule has 4 N–H and O–H groups in total. The van der Waals surface area contributed by atoms with Crippen molar-refractivity contribution in [1.29, 1.82) is 5.26 Å². The third-order valence-corrected chi connectivity index (χ3v) is 3.63. The van der Waals surface area contributed by atoms with Gasteiger partial charge in [0.1, 0.15) is 6.17 Å². The standard InChI is InChI=1S/C17H15N5O/c18-11-22(12-6-2-1-3-7-12)16(23)10-15-13-8-4-5-9-14(13)17(20-15)21-19/h1-10,17,20-21H,19H2. The first-order valence-electron chi connectivity index (χ1n) is 7.07. The van der Waals surface area contributed by atoms with Gasteiger partial charge >= 0.3 is 0 Å². The summed E-state index contributed by atoms with van der Waals surface area (Å²) in [6.45, 7) is 0. The highest BCUT2D eigenvalue weighted by Gasteiger charge is 2.25. The van der Waals surface area contributed by atoms with E-state index < -0.39 is 5.91 Å². The summed E-state index contributed by atoms with van der Waals surface area (Å²) in [5.74, 6) is 5.11. The molecule has 1 unspecified atom stereocenters. The number of benzene rings is 2. The number of nitrogens with zero attached hydrogens (tertiary/aromatic N) is 2. The van der Waals surface area contributed by atoms with Gasteiger partial charge in [-0.2, -0.15) is 5.26 Å². The molecule has 2 aromatic carbocycles. The molecule has 0 fully saturated rings. The van der Waals surface area contributed by atoms with E-state index in [9.17, 15) is 10.1 Å². The van der Waals surface area contributed by atoms with E-state index in [1.165, 1.54) is 6.08 Å². The molecule has 1 atom stereocenters. The van der Waals surface area contributed by atoms with E-state index in [4.69, 9.17) is 5.84 Å². The van der Waals surface area contributed by atoms with Crippen molar-refractivity contribution in [3.8, 4) is 6.19 Å². The van der Waals surface area contributed by atoms with Gasteiger partial charge in [-0.1, -0.05) is 42.5 Å². The second-order valence-electron chi connectivity index (χ2n) is 5.00. The number of rotatable bonds is 3. The lowest BCUT2D eigenvalue weighted by Gasteiger charge is -2.13. The fraction of sp³-hybridized carbons (Fsp3) is 0.0588. The normalized spacial score (nSPS) is 17.2. The average Bonchev–Trinajstić information content (AvgIpc) is 2.94. The summed E-state index contributed by atoms with van der Waals surface area (Å²) >= 11 is 0. The van der Waals surface area contributed by atoms with Crippen molar-refractivity contribution in [3.63, 3.8) is 0 Å². The maximum Gasteiger partial charge on any atom is 0.266 e. The number of hydrogen-bond acceptors (Lipinski definition) is 5. The molecule has 1 aliphatic heterocycles. The lowest BCUT2D eigenvalue weighted by atomic mass is 10.1. The van der Waals surface area contributed by atoms with Gasteiger partial charge in [-0.25, -0.2) is 10.3 Å². The van der Waals surface area contributed by atoms with Gasteiger partial charge < -0.3 is 5.32 Å². The summed E-state index contributed by atoms with van der Waals surface area (Å²) in [6, 6.07) is 16.4. The van der Waals surface area contributed by atoms with Crippen LogP contribution in [-0.4, -0.2) is 5.91 Å². The second kappa shape index (κ2) is 6.32. The molecular formula is C17H15N5O. The van der Waals surface area contributed by atoms with Crippen molar-refractivity contribution in [2.75, 3.05) is 4.90 Å². The summed E-state index contributed by atoms with van der Waals surface area (Å²) in [4.78, 5) is 13.5. The molecule has 0 spiro atoms. The maximum absolute atomic E-state index is 12.5. The van der Waals surface area contributed by atoms with Crippen LogP contribution in [0.2, 0.25) is 0 Å². The summed E-state index contributed by atoms with van der Waals surface area (Å²) < 4.78 is 0. The highest BCUT2D eigenvalue weighted by Crippen LogP contribution is 2.30. The monoisotopic (exact) mass is 305 g/mol. The van der Waals surface area contributed by atoms with E-state index in [0.29, 0.717) is 11.4 Å². The number of para-hydroxylation sites is 1. The fourth-order valence-corrected chi connectivity index (χ4v) is 2.56. The van der Waals surface area contributed by atoms with Crippen molar-refractivity contribution in [2.45, 2.75) is 6.17 Å². The molecule has 114 valence electrons. The lowest BCUT2D eigenvalue weighted by molar-refractivity contribution is -0.113. The second-order valence-corrected chi connectivity index (χ2v) is 5.00. The van der Waals surface area contributed by atoms with Crippen molar-refractivity contribution in [3.05, 3.63) is 71.8 Å². The van der Waals surface area contributed by atoms with Crippen LogP contribution in [0.15, 0.2) is 60.7 Å². The Morgan fingerprint density at radius 1 is 1.22 bits per heavy atom. The van der Waals surface area contributed by atoms with E-state index in [-0.39, 0.29) is 6.17 Å². The van der Waals surface area contributed by atoms with Crippen LogP contribution in [0.4, 0.5) is 5.69 Å². The molecule has 0 saturated carbocycles. The Morgan fingerprint density at radius 3 is 2.61 bits per heavy atom. The Kier molecular flexibility index (Phi) is 4.06. The summed E-state index contributed by atoms with van der Waals surface area (Å²) in [5.41, 5.74) is 5.65. The molecule has 3 rings (SSSR count). The predicted molar refractivity (Wildman–Crippen MR) is 87.2 cm³/mol. The Bertz CT molecular complexity index is 794. The first-order chi connectivity index (χ1) is 11.2. The van der Waals surface area contributed by atoms with E-state index in [2.05, 4.69) is 10.7 Å². The quantitative estimate of drug-likeness (QED) is 0.263. The maximum atomic E-state index is 12.5. The van der Waals surface area contributed by atoms with Gasteiger partial charge in [-0.15, -0.1) is 0 Å². The van der Waals surface area contributed by atoms with Crippen LogP contribution < -0.4 is 21.5 Å². The van der Waals surface area contributed by atoms with Crippen molar-refractivity contribution in [1.82, 2.24) is 10.7 Å². The molecule has 0 radical (unpaired) electrons. The zero-order valence-electron chi connectivity index (χ0n) is 12.2. The van der Waals surface area contributed by atoms with Gasteiger partial charge in [0.2, 0.25) is 0 Å². The minimum atomic E-state index is -0.423. The van der Waals surface area contributed by atoms with Crippen LogP contribution in [0.25, 0.3) is 5.70 Å². The molecule has 1 amide bonds. The van der Waals surface area contributed by atoms with E-state index in [1.54, 1.807) is 24.3 Å². The fourth-order valence-electron chi connectivity index (χ4n) is 2.56. The molecule has 1 aliphatic rings. The van der Waals surface area contributed by atoms with Gasteiger partial charge in [-0.05, 0) is 17.7 Å². The molecule has 23 heavy (non-hydrogen) atoms. The van der Waals surface area contributed by atoms with E-state index in [1.807, 2.05) is 36.5 Å². The largest absolute Gasteiger partial charge is 0.364 e. The number of carbonyl (C=O) groups is 1. The molecule has 6 heteroatoms. The molecule has 0 saturated heterocycles. The van der Waals surface area contributed by atoms with Gasteiger partial charge in [-0.3, -0.25) is 10.6 Å². The molecule has 0 aliphatic carbocycles. The number of hydrazine groups is 1. The topological polar surface area (TPSA) is 94.2 Å². The molecule has 6 nitrogen and oxygen atoms in total. The van der Waals surface area contributed by atoms with Crippen molar-refractivity contribution >= 4 is 17.3 Å². The Labute approximate surface area is 133 Å². The number of anilines is 1. The Balaban J connectivity index is 1.93. The van der Waals surface area contributed by atoms with Crippen LogP contribution in [0.1, 0.15) is 17.3 Å². The minimum absolute atomic E-state index is 0.266. The number of carbonyl (C=O) groups excluding carboxylic acids is 1. The van der Waals surface area contributed by atoms with Gasteiger partial charge in [0, 0.05) is 17.3 Å². The summed E-state index contributed by atoms with van der Waals surface area (Å²) in [5, 5.41) is 12.4. The SMILES string of the molecule is N#CN(C(=O)C=C1NC(NN)c2ccccc21)c1ccccc1. The lowest BCUT2D eigenvalue weighted by Crippen LogP contribution is -2.34. The third kappa shape index (κ3) is 2.79. The van der Waals surface area contributed by atoms with Crippen LogP contribution in [0, 0.1) is 11.5 Å². The van der Waals surface area contributed by atoms with Gasteiger partial charge in [0.05, 0.1) is 5.69 Å². The highest BCUT2D eigenvalue weighted by atomic mass is 16.2. The van der Waals surface area contributed by atoms with Crippen LogP contribution in [-0.2, 0) is 4.79 Å². The zero-order valence-corrected chi connectivity index (χ0v) is 12.2. The van der Waals surface area contributed by atoms with E-state index >= 15 is 0 Å². The van der Waals surface area contributed by atoms with Crippen molar-refractivity contribution < 1.29 is 4.79 Å². The van der Waals surface area contributed by atoms with Gasteiger partial charge in [0.25, 0.3) is 5.91 Å². The van der Waals surface area contributed by atoms with Crippen LogP contribution in [0.3, 0.4) is 0 Å². The van der Waals surface area contributed by atoms with Crippen molar-refractivity contribution in [2.24, 2.45) is 5.84 Å². The number of nitrogens with two attached hydrogens (primary N) is 1. The van der Waals surface area contributed by atoms with Crippen LogP contribution in [0.5, 0.6) is 0 Å². The average molecular weight is 305 g/mol. The molecular weight excluding hydrogens is 290 g/mol. The zero-order chi connectivity index (χ0) is 16.2. The number of hydrogen-bond donors (Lipinski definition) is 3. The summed E-state index contributed by atoms with van der Waals surface area (Å²) in [7, 11) is 0. The number of nitrogens with one attached hydrogen (secondary N) is 2. The number of amides is 1. The molecule has 1 heterocycles. The highest BCUT2D eigenvalue weighted by molar-refractivity contribution is 6.07. The smallest absolute Gasteiger partial charge is 0.266 e. The summed E-state index contributed by atoms with van der Waals surface area (Å²) in [6.07, 6.45) is 3.06. The third-order valence-electron chi connectivity index (χ3n) is 3.63. The molecule has 0 bridgehead atoms. The first kappa shape index (κ1) is 14.8. The Morgan fingerprint density at radius 2 is 1.91 bits per heavy atom. The number of fused-ring (bicyclic) bond motifs is 1. The minimum Gasteiger partial charge on any atom is -0.364 e.